The zero-order chi connectivity index (χ0) is 17.1. The molecule has 1 aromatic carbocycles. The van der Waals surface area contributed by atoms with E-state index in [1.165, 1.54) is 0 Å². The van der Waals surface area contributed by atoms with Crippen molar-refractivity contribution < 1.29 is 14.1 Å². The summed E-state index contributed by atoms with van der Waals surface area (Å²) in [5, 5.41) is 13.7. The monoisotopic (exact) mass is 337 g/mol. The van der Waals surface area contributed by atoms with Gasteiger partial charge in [0.15, 0.2) is 0 Å². The van der Waals surface area contributed by atoms with Crippen LogP contribution in [-0.4, -0.2) is 33.1 Å². The molecule has 2 N–H and O–H groups in total. The Kier molecular flexibility index (Phi) is 5.63. The van der Waals surface area contributed by atoms with Gasteiger partial charge < -0.3 is 10.4 Å². The highest BCUT2D eigenvalue weighted by atomic mass is 32.2. The van der Waals surface area contributed by atoms with E-state index in [1.54, 1.807) is 24.3 Å². The number of benzene rings is 1. The highest BCUT2D eigenvalue weighted by Crippen LogP contribution is 2.43. The molecule has 0 aromatic heterocycles. The summed E-state index contributed by atoms with van der Waals surface area (Å²) in [6, 6.07) is 7.02. The van der Waals surface area contributed by atoms with Gasteiger partial charge in [0.2, 0.25) is 0 Å². The third-order valence-corrected chi connectivity index (χ3v) is 6.39. The molecule has 5 heteroatoms. The fourth-order valence-electron chi connectivity index (χ4n) is 3.21. The molecule has 0 aliphatic heterocycles. The predicted octanol–water partition coefficient (Wildman–Crippen LogP) is 2.88. The topological polar surface area (TPSA) is 66.4 Å². The van der Waals surface area contributed by atoms with E-state index in [1.807, 2.05) is 20.8 Å². The molecule has 1 saturated carbocycles. The first-order chi connectivity index (χ1) is 10.8. The standard InChI is InChI=1S/C18H27NO3S/c1-4-23(22)15-10-6-5-9-14(15)16(20)19-13-17(2,3)18(21)11-7-8-12-18/h5-6,9-10,21H,4,7-8,11-13H2,1-3H3,(H,19,20). The van der Waals surface area contributed by atoms with Crippen LogP contribution in [0.15, 0.2) is 29.2 Å². The summed E-state index contributed by atoms with van der Waals surface area (Å²) in [6.07, 6.45) is 3.64. The first kappa shape index (κ1) is 18.1. The number of hydrogen-bond donors (Lipinski definition) is 2. The second kappa shape index (κ2) is 7.14. The van der Waals surface area contributed by atoms with Crippen molar-refractivity contribution in [3.8, 4) is 0 Å². The van der Waals surface area contributed by atoms with Crippen LogP contribution >= 0.6 is 0 Å². The van der Waals surface area contributed by atoms with E-state index >= 15 is 0 Å². The van der Waals surface area contributed by atoms with E-state index in [9.17, 15) is 14.1 Å². The lowest BCUT2D eigenvalue weighted by atomic mass is 9.73. The summed E-state index contributed by atoms with van der Waals surface area (Å²) in [7, 11) is -1.17. The summed E-state index contributed by atoms with van der Waals surface area (Å²) in [5.74, 6) is 0.257. The van der Waals surface area contributed by atoms with Crippen molar-refractivity contribution in [2.45, 2.75) is 57.0 Å². The molecule has 0 bridgehead atoms. The zero-order valence-electron chi connectivity index (χ0n) is 14.2. The first-order valence-electron chi connectivity index (χ1n) is 8.29. The van der Waals surface area contributed by atoms with Crippen molar-refractivity contribution in [1.29, 1.82) is 0 Å². The van der Waals surface area contributed by atoms with Crippen LogP contribution in [0.1, 0.15) is 56.8 Å². The number of amides is 1. The minimum absolute atomic E-state index is 0.225. The molecule has 4 nitrogen and oxygen atoms in total. The van der Waals surface area contributed by atoms with E-state index in [0.29, 0.717) is 22.8 Å². The highest BCUT2D eigenvalue weighted by molar-refractivity contribution is 7.85. The molecule has 0 radical (unpaired) electrons. The summed E-state index contributed by atoms with van der Waals surface area (Å²) in [6.45, 7) is 6.22. The van der Waals surface area contributed by atoms with Gasteiger partial charge in [-0.15, -0.1) is 0 Å². The molecule has 1 unspecified atom stereocenters. The largest absolute Gasteiger partial charge is 0.389 e. The van der Waals surface area contributed by atoms with Gasteiger partial charge in [0.05, 0.1) is 26.9 Å². The molecule has 1 aromatic rings. The third kappa shape index (κ3) is 3.83. The first-order valence-corrected chi connectivity index (χ1v) is 9.60. The van der Waals surface area contributed by atoms with Gasteiger partial charge in [-0.25, -0.2) is 0 Å². The van der Waals surface area contributed by atoms with E-state index in [4.69, 9.17) is 0 Å². The lowest BCUT2D eigenvalue weighted by Crippen LogP contribution is -2.49. The summed E-state index contributed by atoms with van der Waals surface area (Å²) >= 11 is 0. The quantitative estimate of drug-likeness (QED) is 0.839. The van der Waals surface area contributed by atoms with Gasteiger partial charge in [-0.05, 0) is 25.0 Å². The van der Waals surface area contributed by atoms with Crippen LogP contribution in [0.5, 0.6) is 0 Å². The zero-order valence-corrected chi connectivity index (χ0v) is 15.0. The normalized spacial score (nSPS) is 18.6. The van der Waals surface area contributed by atoms with Gasteiger partial charge in [0, 0.05) is 17.7 Å². The van der Waals surface area contributed by atoms with Crippen molar-refractivity contribution in [3.05, 3.63) is 29.8 Å². The molecule has 1 fully saturated rings. The number of aliphatic hydroxyl groups is 1. The van der Waals surface area contributed by atoms with Crippen molar-refractivity contribution in [3.63, 3.8) is 0 Å². The van der Waals surface area contributed by atoms with Crippen molar-refractivity contribution in [2.24, 2.45) is 5.41 Å². The molecule has 0 heterocycles. The van der Waals surface area contributed by atoms with Crippen molar-refractivity contribution >= 4 is 16.7 Å². The molecule has 2 rings (SSSR count). The average Bonchev–Trinajstić information content (AvgIpc) is 3.00. The van der Waals surface area contributed by atoms with E-state index < -0.39 is 21.8 Å². The van der Waals surface area contributed by atoms with Crippen LogP contribution < -0.4 is 5.32 Å². The Morgan fingerprint density at radius 3 is 2.52 bits per heavy atom. The molecule has 1 amide bonds. The smallest absolute Gasteiger partial charge is 0.252 e. The van der Waals surface area contributed by atoms with Crippen LogP contribution in [0, 0.1) is 5.41 Å². The molecule has 0 saturated heterocycles. The highest BCUT2D eigenvalue weighted by Gasteiger charge is 2.45. The predicted molar refractivity (Wildman–Crippen MR) is 92.9 cm³/mol. The Bertz CT molecular complexity index is 592. The summed E-state index contributed by atoms with van der Waals surface area (Å²) < 4.78 is 12.1. The number of carbonyl (C=O) groups excluding carboxylic acids is 1. The third-order valence-electron chi connectivity index (χ3n) is 5.02. The molecule has 0 spiro atoms. The fraction of sp³-hybridized carbons (Fsp3) is 0.611. The molecule has 1 atom stereocenters. The molecular weight excluding hydrogens is 310 g/mol. The van der Waals surface area contributed by atoms with Gasteiger partial charge in [0.1, 0.15) is 0 Å². The lowest BCUT2D eigenvalue weighted by Gasteiger charge is -2.40. The molecule has 23 heavy (non-hydrogen) atoms. The van der Waals surface area contributed by atoms with Gasteiger partial charge in [-0.1, -0.05) is 45.7 Å². The minimum Gasteiger partial charge on any atom is -0.389 e. The number of nitrogens with one attached hydrogen (secondary N) is 1. The Labute approximate surface area is 141 Å². The molecule has 128 valence electrons. The van der Waals surface area contributed by atoms with E-state index in [-0.39, 0.29) is 5.91 Å². The van der Waals surface area contributed by atoms with Gasteiger partial charge in [-0.2, -0.15) is 0 Å². The Morgan fingerprint density at radius 2 is 1.91 bits per heavy atom. The van der Waals surface area contributed by atoms with Gasteiger partial charge in [0.25, 0.3) is 5.91 Å². The van der Waals surface area contributed by atoms with E-state index in [2.05, 4.69) is 5.32 Å². The summed E-state index contributed by atoms with van der Waals surface area (Å²) in [5.41, 5.74) is -0.647. The Morgan fingerprint density at radius 1 is 1.30 bits per heavy atom. The van der Waals surface area contributed by atoms with Crippen LogP contribution in [-0.2, 0) is 10.8 Å². The fourth-order valence-corrected chi connectivity index (χ4v) is 4.15. The van der Waals surface area contributed by atoms with Crippen LogP contribution in [0.4, 0.5) is 0 Å². The van der Waals surface area contributed by atoms with Crippen LogP contribution in [0.25, 0.3) is 0 Å². The Balaban J connectivity index is 2.10. The number of hydrogen-bond acceptors (Lipinski definition) is 3. The van der Waals surface area contributed by atoms with Gasteiger partial charge >= 0.3 is 0 Å². The second-order valence-corrected chi connectivity index (χ2v) is 8.64. The lowest BCUT2D eigenvalue weighted by molar-refractivity contribution is -0.0590. The minimum atomic E-state index is -1.17. The molecule has 1 aliphatic rings. The van der Waals surface area contributed by atoms with Gasteiger partial charge in [-0.3, -0.25) is 9.00 Å². The second-order valence-electron chi connectivity index (χ2n) is 6.94. The average molecular weight is 337 g/mol. The van der Waals surface area contributed by atoms with Crippen LogP contribution in [0.2, 0.25) is 0 Å². The van der Waals surface area contributed by atoms with E-state index in [0.717, 1.165) is 25.7 Å². The maximum Gasteiger partial charge on any atom is 0.252 e. The summed E-state index contributed by atoms with van der Waals surface area (Å²) in [4.78, 5) is 13.1. The number of carbonyl (C=O) groups is 1. The maximum atomic E-state index is 12.5. The van der Waals surface area contributed by atoms with Crippen LogP contribution in [0.3, 0.4) is 0 Å². The van der Waals surface area contributed by atoms with Crippen molar-refractivity contribution in [1.82, 2.24) is 5.32 Å². The molecular formula is C18H27NO3S. The molecule has 1 aliphatic carbocycles. The maximum absolute atomic E-state index is 12.5. The number of rotatable bonds is 6. The Hall–Kier alpha value is -1.20. The SMILES string of the molecule is CCS(=O)c1ccccc1C(=O)NCC(C)(C)C1(O)CCCC1. The van der Waals surface area contributed by atoms with Crippen molar-refractivity contribution in [2.75, 3.05) is 12.3 Å².